The normalized spacial score (nSPS) is 13.7. The number of hydrogen-bond acceptors (Lipinski definition) is 8. The molecule has 0 aliphatic carbocycles. The molecule has 0 bridgehead atoms. The van der Waals surface area contributed by atoms with Crippen molar-refractivity contribution in [1.82, 2.24) is 16.0 Å². The highest BCUT2D eigenvalue weighted by molar-refractivity contribution is 5.94. The van der Waals surface area contributed by atoms with Crippen molar-refractivity contribution in [3.8, 4) is 0 Å². The molecule has 0 aromatic heterocycles. The third-order valence-corrected chi connectivity index (χ3v) is 5.48. The van der Waals surface area contributed by atoms with Crippen LogP contribution in [0.15, 0.2) is 9.98 Å². The van der Waals surface area contributed by atoms with Crippen molar-refractivity contribution in [3.63, 3.8) is 0 Å². The van der Waals surface area contributed by atoms with Crippen molar-refractivity contribution in [1.29, 1.82) is 0 Å². The van der Waals surface area contributed by atoms with Gasteiger partial charge in [-0.1, -0.05) is 13.8 Å². The smallest absolute Gasteiger partial charge is 0.326 e. The summed E-state index contributed by atoms with van der Waals surface area (Å²) in [6.07, 6.45) is 0.0795. The van der Waals surface area contributed by atoms with Gasteiger partial charge in [0, 0.05) is 19.5 Å². The highest BCUT2D eigenvalue weighted by Crippen LogP contribution is 2.07. The Morgan fingerprint density at radius 2 is 1.12 bits per heavy atom. The molecule has 17 heteroatoms. The van der Waals surface area contributed by atoms with E-state index in [4.69, 9.17) is 33.8 Å². The number of nitrogens with one attached hydrogen (secondary N) is 3. The van der Waals surface area contributed by atoms with E-state index in [0.717, 1.165) is 0 Å². The minimum absolute atomic E-state index is 0.00114. The molecule has 0 aromatic rings. The number of guanidine groups is 2. The fourth-order valence-electron chi connectivity index (χ4n) is 3.51. The van der Waals surface area contributed by atoms with E-state index in [-0.39, 0.29) is 63.0 Å². The molecule has 15 N–H and O–H groups in total. The first-order valence-corrected chi connectivity index (χ1v) is 12.9. The predicted octanol–water partition coefficient (Wildman–Crippen LogP) is -3.13. The van der Waals surface area contributed by atoms with Crippen molar-refractivity contribution in [2.24, 2.45) is 44.6 Å². The summed E-state index contributed by atoms with van der Waals surface area (Å²) in [7, 11) is 0. The van der Waals surface area contributed by atoms with Gasteiger partial charge in [0.2, 0.25) is 17.7 Å². The Morgan fingerprint density at radius 1 is 0.700 bits per heavy atom. The van der Waals surface area contributed by atoms with E-state index < -0.39 is 60.2 Å². The number of rotatable bonds is 20. The zero-order chi connectivity index (χ0) is 30.8. The average molecular weight is 573 g/mol. The number of nitrogens with zero attached hydrogens (tertiary/aromatic N) is 2. The second-order valence-corrected chi connectivity index (χ2v) is 9.59. The monoisotopic (exact) mass is 572 g/mol. The number of carbonyl (C=O) groups is 5. The molecule has 0 fully saturated rings. The third kappa shape index (κ3) is 16.6. The van der Waals surface area contributed by atoms with E-state index in [1.54, 1.807) is 0 Å². The van der Waals surface area contributed by atoms with Crippen molar-refractivity contribution in [3.05, 3.63) is 0 Å². The number of carboxylic acid groups (broad SMARTS) is 2. The lowest BCUT2D eigenvalue weighted by atomic mass is 10.0. The van der Waals surface area contributed by atoms with Gasteiger partial charge in [0.15, 0.2) is 11.9 Å². The van der Waals surface area contributed by atoms with Gasteiger partial charge >= 0.3 is 11.9 Å². The molecule has 3 amide bonds. The summed E-state index contributed by atoms with van der Waals surface area (Å²) in [5, 5.41) is 26.0. The summed E-state index contributed by atoms with van der Waals surface area (Å²) in [6, 6.07) is -4.82. The zero-order valence-electron chi connectivity index (χ0n) is 23.0. The molecule has 40 heavy (non-hydrogen) atoms. The molecule has 0 spiro atoms. The maximum Gasteiger partial charge on any atom is 0.326 e. The van der Waals surface area contributed by atoms with Crippen LogP contribution in [0.4, 0.5) is 0 Å². The minimum atomic E-state index is -1.32. The summed E-state index contributed by atoms with van der Waals surface area (Å²) < 4.78 is 0. The highest BCUT2D eigenvalue weighted by Gasteiger charge is 2.30. The highest BCUT2D eigenvalue weighted by atomic mass is 16.4. The van der Waals surface area contributed by atoms with Crippen LogP contribution >= 0.6 is 0 Å². The molecule has 0 saturated carbocycles. The predicted molar refractivity (Wildman–Crippen MR) is 148 cm³/mol. The molecule has 4 atom stereocenters. The van der Waals surface area contributed by atoms with Crippen molar-refractivity contribution >= 4 is 41.6 Å². The Balaban J connectivity index is 5.71. The summed E-state index contributed by atoms with van der Waals surface area (Å²) in [5.74, 6) is -5.06. The van der Waals surface area contributed by atoms with Gasteiger partial charge in [0.25, 0.3) is 0 Å². The molecular formula is C23H44N10O7. The second-order valence-electron chi connectivity index (χ2n) is 9.59. The standard InChI is InChI=1S/C23H44N10O7/c1-12(2)11-13(24)18(36)31-15(7-8-17(34)35)20(38)32-14(5-3-9-29-22(25)26)19(37)33-16(21(39)40)6-4-10-30-23(27)28/h12-16H,3-11,24H2,1-2H3,(H,31,36)(H,32,38)(H,33,37)(H,34,35)(H,39,40)(H4,25,26,29)(H4,27,28,30). The van der Waals surface area contributed by atoms with Crippen LogP contribution in [0.2, 0.25) is 0 Å². The number of nitrogens with two attached hydrogens (primary N) is 5. The summed E-state index contributed by atoms with van der Waals surface area (Å²) in [5.41, 5.74) is 27.0. The first kappa shape index (κ1) is 35.9. The van der Waals surface area contributed by atoms with E-state index in [2.05, 4.69) is 25.9 Å². The summed E-state index contributed by atoms with van der Waals surface area (Å²) >= 11 is 0. The molecule has 228 valence electrons. The maximum absolute atomic E-state index is 13.1. The Labute approximate surface area is 232 Å². The molecule has 0 aliphatic heterocycles. The van der Waals surface area contributed by atoms with Gasteiger partial charge in [-0.05, 0) is 44.4 Å². The van der Waals surface area contributed by atoms with Gasteiger partial charge in [-0.3, -0.25) is 29.2 Å². The fraction of sp³-hybridized carbons (Fsp3) is 0.696. The lowest BCUT2D eigenvalue weighted by molar-refractivity contribution is -0.142. The number of hydrogen-bond donors (Lipinski definition) is 10. The van der Waals surface area contributed by atoms with Crippen molar-refractivity contribution < 1.29 is 34.2 Å². The molecular weight excluding hydrogens is 528 g/mol. The number of carbonyl (C=O) groups excluding carboxylic acids is 3. The molecule has 0 radical (unpaired) electrons. The molecule has 0 aromatic carbocycles. The van der Waals surface area contributed by atoms with Crippen LogP contribution in [0.5, 0.6) is 0 Å². The van der Waals surface area contributed by atoms with E-state index >= 15 is 0 Å². The van der Waals surface area contributed by atoms with Gasteiger partial charge in [-0.15, -0.1) is 0 Å². The second kappa shape index (κ2) is 19.0. The van der Waals surface area contributed by atoms with Crippen LogP contribution in [-0.2, 0) is 24.0 Å². The van der Waals surface area contributed by atoms with Crippen LogP contribution in [-0.4, -0.2) is 89.0 Å². The lowest BCUT2D eigenvalue weighted by Gasteiger charge is -2.25. The molecule has 4 unspecified atom stereocenters. The van der Waals surface area contributed by atoms with Gasteiger partial charge in [-0.2, -0.15) is 0 Å². The molecule has 0 rings (SSSR count). The lowest BCUT2D eigenvalue weighted by Crippen LogP contribution is -2.57. The fourth-order valence-corrected chi connectivity index (χ4v) is 3.51. The first-order chi connectivity index (χ1) is 18.6. The summed E-state index contributed by atoms with van der Waals surface area (Å²) in [6.45, 7) is 3.98. The van der Waals surface area contributed by atoms with Gasteiger partial charge in [0.1, 0.15) is 18.1 Å². The number of amides is 3. The van der Waals surface area contributed by atoms with Crippen LogP contribution in [0.3, 0.4) is 0 Å². The molecule has 0 saturated heterocycles. The van der Waals surface area contributed by atoms with Gasteiger partial charge < -0.3 is 54.8 Å². The van der Waals surface area contributed by atoms with Crippen LogP contribution in [0.25, 0.3) is 0 Å². The van der Waals surface area contributed by atoms with Crippen LogP contribution in [0, 0.1) is 5.92 Å². The number of aliphatic imine (C=N–C) groups is 2. The Morgan fingerprint density at radius 3 is 1.55 bits per heavy atom. The molecule has 0 heterocycles. The zero-order valence-corrected chi connectivity index (χ0v) is 23.0. The number of aliphatic carboxylic acids is 2. The van der Waals surface area contributed by atoms with E-state index in [1.165, 1.54) is 0 Å². The average Bonchev–Trinajstić information content (AvgIpc) is 2.83. The molecule has 0 aliphatic rings. The van der Waals surface area contributed by atoms with E-state index in [0.29, 0.717) is 6.42 Å². The third-order valence-electron chi connectivity index (χ3n) is 5.48. The quantitative estimate of drug-likeness (QED) is 0.0393. The summed E-state index contributed by atoms with van der Waals surface area (Å²) in [4.78, 5) is 69.2. The van der Waals surface area contributed by atoms with Crippen molar-refractivity contribution in [2.75, 3.05) is 13.1 Å². The number of carboxylic acids is 2. The van der Waals surface area contributed by atoms with Gasteiger partial charge in [-0.25, -0.2) is 4.79 Å². The minimum Gasteiger partial charge on any atom is -0.481 e. The maximum atomic E-state index is 13.1. The Bertz CT molecular complexity index is 918. The topological polar surface area (TPSA) is 317 Å². The first-order valence-electron chi connectivity index (χ1n) is 12.9. The largest absolute Gasteiger partial charge is 0.481 e. The van der Waals surface area contributed by atoms with Gasteiger partial charge in [0.05, 0.1) is 6.04 Å². The Hall–Kier alpha value is -4.15. The van der Waals surface area contributed by atoms with Crippen molar-refractivity contribution in [2.45, 2.75) is 83.0 Å². The van der Waals surface area contributed by atoms with Crippen LogP contribution in [0.1, 0.15) is 58.8 Å². The van der Waals surface area contributed by atoms with Crippen LogP contribution < -0.4 is 44.6 Å². The van der Waals surface area contributed by atoms with E-state index in [1.807, 2.05) is 13.8 Å². The van der Waals surface area contributed by atoms with E-state index in [9.17, 15) is 29.1 Å². The molecule has 17 nitrogen and oxygen atoms in total. The SMILES string of the molecule is CC(C)CC(N)C(=O)NC(CCC(=O)O)C(=O)NC(CCCN=C(N)N)C(=O)NC(CCCN=C(N)N)C(=O)O. The Kier molecular flexibility index (Phi) is 17.0.